The van der Waals surface area contributed by atoms with Crippen molar-refractivity contribution in [2.75, 3.05) is 26.8 Å². The predicted octanol–water partition coefficient (Wildman–Crippen LogP) is 1.92. The molecule has 4 nitrogen and oxygen atoms in total. The van der Waals surface area contributed by atoms with E-state index in [4.69, 9.17) is 10.5 Å². The van der Waals surface area contributed by atoms with Gasteiger partial charge < -0.3 is 15.4 Å². The van der Waals surface area contributed by atoms with E-state index >= 15 is 0 Å². The smallest absolute Gasteiger partial charge is 0.224 e. The van der Waals surface area contributed by atoms with Crippen LogP contribution in [0.1, 0.15) is 51.4 Å². The zero-order chi connectivity index (χ0) is 13.7. The highest BCUT2D eigenvalue weighted by atomic mass is 16.5. The van der Waals surface area contributed by atoms with Crippen LogP contribution in [0.5, 0.6) is 0 Å². The second kappa shape index (κ2) is 6.71. The van der Waals surface area contributed by atoms with Crippen LogP contribution in [0.2, 0.25) is 0 Å². The van der Waals surface area contributed by atoms with Gasteiger partial charge in [0.15, 0.2) is 0 Å². The first kappa shape index (κ1) is 14.8. The third-order valence-electron chi connectivity index (χ3n) is 4.57. The molecule has 0 aromatic carbocycles. The van der Waals surface area contributed by atoms with Crippen LogP contribution in [-0.4, -0.2) is 43.2 Å². The maximum absolute atomic E-state index is 12.3. The molecule has 0 aromatic heterocycles. The fourth-order valence-corrected chi connectivity index (χ4v) is 3.31. The Morgan fingerprint density at radius 3 is 2.68 bits per heavy atom. The maximum Gasteiger partial charge on any atom is 0.224 e. The van der Waals surface area contributed by atoms with Crippen molar-refractivity contribution in [3.8, 4) is 0 Å². The van der Waals surface area contributed by atoms with E-state index in [1.165, 1.54) is 25.7 Å². The van der Waals surface area contributed by atoms with Crippen LogP contribution in [0.15, 0.2) is 0 Å². The van der Waals surface area contributed by atoms with E-state index in [1.54, 1.807) is 0 Å². The first-order chi connectivity index (χ1) is 9.09. The summed E-state index contributed by atoms with van der Waals surface area (Å²) in [6.45, 7) is 2.49. The van der Waals surface area contributed by atoms with Gasteiger partial charge in [0.1, 0.15) is 0 Å². The molecule has 4 heteroatoms. The molecule has 0 bridgehead atoms. The second-order valence-electron chi connectivity index (χ2n) is 6.46. The van der Waals surface area contributed by atoms with Crippen LogP contribution in [0.25, 0.3) is 0 Å². The zero-order valence-corrected chi connectivity index (χ0v) is 12.2. The van der Waals surface area contributed by atoms with Gasteiger partial charge >= 0.3 is 0 Å². The van der Waals surface area contributed by atoms with Gasteiger partial charge in [0, 0.05) is 32.2 Å². The van der Waals surface area contributed by atoms with Crippen LogP contribution in [-0.2, 0) is 9.53 Å². The van der Waals surface area contributed by atoms with Crippen LogP contribution in [0.4, 0.5) is 0 Å². The Bertz CT molecular complexity index is 295. The lowest BCUT2D eigenvalue weighted by Crippen LogP contribution is -2.47. The predicted molar refractivity (Wildman–Crippen MR) is 75.8 cm³/mol. The minimum Gasteiger partial charge on any atom is -0.381 e. The molecule has 2 N–H and O–H groups in total. The lowest BCUT2D eigenvalue weighted by molar-refractivity contribution is -0.132. The fraction of sp³-hybridized carbons (Fsp3) is 0.933. The molecule has 0 radical (unpaired) electrons. The van der Waals surface area contributed by atoms with Gasteiger partial charge in [-0.1, -0.05) is 19.3 Å². The number of carbonyl (C=O) groups excluding carboxylic acids is 1. The Hall–Kier alpha value is -0.610. The lowest BCUT2D eigenvalue weighted by Gasteiger charge is -2.35. The summed E-state index contributed by atoms with van der Waals surface area (Å²) in [5.74, 6) is 0.706. The van der Waals surface area contributed by atoms with E-state index in [2.05, 4.69) is 0 Å². The minimum absolute atomic E-state index is 0.204. The fourth-order valence-electron chi connectivity index (χ4n) is 3.31. The number of ether oxygens (including phenoxy) is 1. The quantitative estimate of drug-likeness (QED) is 0.847. The van der Waals surface area contributed by atoms with E-state index < -0.39 is 0 Å². The van der Waals surface area contributed by atoms with Gasteiger partial charge in [0.25, 0.3) is 0 Å². The van der Waals surface area contributed by atoms with Gasteiger partial charge in [0.2, 0.25) is 5.91 Å². The molecule has 1 saturated heterocycles. The molecule has 1 heterocycles. The number of nitrogens with two attached hydrogens (primary N) is 1. The molecule has 0 aromatic rings. The molecule has 2 aliphatic rings. The Balaban J connectivity index is 1.77. The number of nitrogens with zero attached hydrogens (tertiary/aromatic N) is 1. The molecule has 2 rings (SSSR count). The van der Waals surface area contributed by atoms with Gasteiger partial charge in [-0.05, 0) is 31.6 Å². The van der Waals surface area contributed by atoms with Crippen molar-refractivity contribution in [1.82, 2.24) is 4.90 Å². The maximum atomic E-state index is 12.3. The molecular formula is C15H28N2O2. The van der Waals surface area contributed by atoms with E-state index in [9.17, 15) is 4.79 Å². The Labute approximate surface area is 116 Å². The molecule has 110 valence electrons. The van der Waals surface area contributed by atoms with Crippen molar-refractivity contribution in [2.45, 2.75) is 56.9 Å². The summed E-state index contributed by atoms with van der Waals surface area (Å²) in [6, 6.07) is 0. The molecule has 1 amide bonds. The number of amides is 1. The third-order valence-corrected chi connectivity index (χ3v) is 4.57. The monoisotopic (exact) mass is 268 g/mol. The van der Waals surface area contributed by atoms with Crippen molar-refractivity contribution in [1.29, 1.82) is 0 Å². The zero-order valence-electron chi connectivity index (χ0n) is 12.2. The molecule has 2 fully saturated rings. The first-order valence-corrected chi connectivity index (χ1v) is 7.70. The number of rotatable bonds is 4. The second-order valence-corrected chi connectivity index (χ2v) is 6.46. The van der Waals surface area contributed by atoms with E-state index in [0.29, 0.717) is 12.3 Å². The minimum atomic E-state index is -0.243. The van der Waals surface area contributed by atoms with Gasteiger partial charge in [0.05, 0.1) is 6.61 Å². The summed E-state index contributed by atoms with van der Waals surface area (Å²) in [5.41, 5.74) is 6.12. The lowest BCUT2D eigenvalue weighted by atomic mass is 9.80. The summed E-state index contributed by atoms with van der Waals surface area (Å²) in [5, 5.41) is 0. The largest absolute Gasteiger partial charge is 0.381 e. The Kier molecular flexibility index (Phi) is 5.22. The topological polar surface area (TPSA) is 55.6 Å². The first-order valence-electron chi connectivity index (χ1n) is 7.70. The van der Waals surface area contributed by atoms with Crippen molar-refractivity contribution < 1.29 is 9.53 Å². The van der Waals surface area contributed by atoms with Gasteiger partial charge in [-0.15, -0.1) is 0 Å². The molecule has 1 aliphatic carbocycles. The summed E-state index contributed by atoms with van der Waals surface area (Å²) in [7, 11) is 1.91. The third kappa shape index (κ3) is 4.46. The summed E-state index contributed by atoms with van der Waals surface area (Å²) >= 11 is 0. The van der Waals surface area contributed by atoms with E-state index in [-0.39, 0.29) is 11.4 Å². The standard InChI is InChI=1S/C15H28N2O2/c1-17(11-13-6-5-9-19-12-13)14(18)10-15(16)7-3-2-4-8-15/h13H,2-12,16H2,1H3. The molecule has 1 aliphatic heterocycles. The van der Waals surface area contributed by atoms with Gasteiger partial charge in [-0.25, -0.2) is 0 Å². The molecule has 19 heavy (non-hydrogen) atoms. The molecule has 1 atom stereocenters. The molecule has 1 unspecified atom stereocenters. The summed E-state index contributed by atoms with van der Waals surface area (Å²) in [6.07, 6.45) is 8.41. The Morgan fingerprint density at radius 2 is 2.05 bits per heavy atom. The van der Waals surface area contributed by atoms with Gasteiger partial charge in [-0.3, -0.25) is 4.79 Å². The van der Waals surface area contributed by atoms with Crippen molar-refractivity contribution in [2.24, 2.45) is 11.7 Å². The SMILES string of the molecule is CN(CC1CCCOC1)C(=O)CC1(N)CCCCC1. The number of carbonyl (C=O) groups is 1. The van der Waals surface area contributed by atoms with Crippen LogP contribution in [0.3, 0.4) is 0 Å². The van der Waals surface area contributed by atoms with Crippen LogP contribution < -0.4 is 5.73 Å². The Morgan fingerprint density at radius 1 is 1.32 bits per heavy atom. The average molecular weight is 268 g/mol. The van der Waals surface area contributed by atoms with Crippen LogP contribution >= 0.6 is 0 Å². The van der Waals surface area contributed by atoms with E-state index in [1.807, 2.05) is 11.9 Å². The van der Waals surface area contributed by atoms with Crippen molar-refractivity contribution in [3.05, 3.63) is 0 Å². The number of hydrogen-bond donors (Lipinski definition) is 1. The highest BCUT2D eigenvalue weighted by molar-refractivity contribution is 5.77. The van der Waals surface area contributed by atoms with E-state index in [0.717, 1.165) is 39.0 Å². The van der Waals surface area contributed by atoms with Crippen molar-refractivity contribution >= 4 is 5.91 Å². The molecule has 1 saturated carbocycles. The molecule has 0 spiro atoms. The summed E-state index contributed by atoms with van der Waals surface area (Å²) in [4.78, 5) is 14.2. The van der Waals surface area contributed by atoms with Crippen molar-refractivity contribution in [3.63, 3.8) is 0 Å². The average Bonchev–Trinajstić information content (AvgIpc) is 2.40. The van der Waals surface area contributed by atoms with Gasteiger partial charge in [-0.2, -0.15) is 0 Å². The normalized spacial score (nSPS) is 26.9. The summed E-state index contributed by atoms with van der Waals surface area (Å²) < 4.78 is 5.47. The van der Waals surface area contributed by atoms with Crippen LogP contribution in [0, 0.1) is 5.92 Å². The number of hydrogen-bond acceptors (Lipinski definition) is 3. The highest BCUT2D eigenvalue weighted by Crippen LogP contribution is 2.29. The highest BCUT2D eigenvalue weighted by Gasteiger charge is 2.31. The molecular weight excluding hydrogens is 240 g/mol.